The zero-order valence-electron chi connectivity index (χ0n) is 16.9. The molecule has 2 aromatic carbocycles. The first-order chi connectivity index (χ1) is 14.4. The van der Waals surface area contributed by atoms with E-state index in [4.69, 9.17) is 16.7 Å². The first-order valence-corrected chi connectivity index (χ1v) is 10.7. The first-order valence-electron chi connectivity index (χ1n) is 10.3. The molecule has 162 valence electrons. The number of nitrogens with one attached hydrogen (secondary N) is 1. The van der Waals surface area contributed by atoms with Crippen molar-refractivity contribution in [1.29, 1.82) is 0 Å². The molecule has 6 nitrogen and oxygen atoms in total. The van der Waals surface area contributed by atoms with E-state index >= 15 is 0 Å². The highest BCUT2D eigenvalue weighted by molar-refractivity contribution is 6.31. The minimum absolute atomic E-state index is 0.0484. The number of carboxylic acid groups (broad SMARTS) is 1. The molecular weight excluding hydrogens is 404 g/mol. The van der Waals surface area contributed by atoms with Crippen molar-refractivity contribution in [2.45, 2.75) is 37.8 Å². The molecular formula is C23H29ClN2O4. The Bertz CT molecular complexity index is 844. The van der Waals surface area contributed by atoms with Crippen LogP contribution in [-0.4, -0.2) is 64.6 Å². The highest BCUT2D eigenvalue weighted by atomic mass is 35.5. The number of rotatable bonds is 9. The molecule has 1 aliphatic rings. The number of aromatic carboxylic acids is 1. The molecule has 0 bridgehead atoms. The summed E-state index contributed by atoms with van der Waals surface area (Å²) in [7, 11) is 0. The number of aliphatic hydroxyl groups excluding tert-OH is 2. The number of carbonyl (C=O) groups is 1. The van der Waals surface area contributed by atoms with Gasteiger partial charge in [0.05, 0.1) is 18.3 Å². The Hall–Kier alpha value is -2.12. The van der Waals surface area contributed by atoms with Gasteiger partial charge in [0.1, 0.15) is 0 Å². The van der Waals surface area contributed by atoms with Crippen LogP contribution in [0.2, 0.25) is 5.02 Å². The van der Waals surface area contributed by atoms with Gasteiger partial charge in [-0.25, -0.2) is 4.79 Å². The molecule has 1 heterocycles. The third-order valence-corrected chi connectivity index (χ3v) is 5.84. The van der Waals surface area contributed by atoms with Gasteiger partial charge in [0.2, 0.25) is 0 Å². The molecule has 7 heteroatoms. The van der Waals surface area contributed by atoms with Crippen molar-refractivity contribution in [3.63, 3.8) is 0 Å². The van der Waals surface area contributed by atoms with Gasteiger partial charge in [0.25, 0.3) is 0 Å². The predicted octanol–water partition coefficient (Wildman–Crippen LogP) is 3.05. The van der Waals surface area contributed by atoms with E-state index in [0.717, 1.165) is 32.4 Å². The van der Waals surface area contributed by atoms with Gasteiger partial charge in [0, 0.05) is 36.4 Å². The van der Waals surface area contributed by atoms with E-state index in [1.165, 1.54) is 17.2 Å². The van der Waals surface area contributed by atoms with Crippen LogP contribution in [0.25, 0.3) is 0 Å². The van der Waals surface area contributed by atoms with E-state index in [0.29, 0.717) is 23.7 Å². The average molecular weight is 433 g/mol. The molecule has 2 aromatic rings. The van der Waals surface area contributed by atoms with Gasteiger partial charge in [-0.3, -0.25) is 4.90 Å². The summed E-state index contributed by atoms with van der Waals surface area (Å²) < 4.78 is 0. The molecule has 0 aliphatic carbocycles. The molecule has 0 amide bonds. The smallest absolute Gasteiger partial charge is 0.335 e. The summed E-state index contributed by atoms with van der Waals surface area (Å²) in [6.07, 6.45) is 2.83. The lowest BCUT2D eigenvalue weighted by Gasteiger charge is -2.36. The Morgan fingerprint density at radius 1 is 1.13 bits per heavy atom. The second-order valence-electron chi connectivity index (χ2n) is 7.83. The van der Waals surface area contributed by atoms with Gasteiger partial charge >= 0.3 is 5.97 Å². The van der Waals surface area contributed by atoms with E-state index in [1.807, 2.05) is 0 Å². The number of nitrogens with zero attached hydrogens (tertiary/aromatic N) is 1. The molecule has 2 atom stereocenters. The first kappa shape index (κ1) is 22.6. The van der Waals surface area contributed by atoms with E-state index in [-0.39, 0.29) is 24.3 Å². The van der Waals surface area contributed by atoms with Gasteiger partial charge in [0.15, 0.2) is 0 Å². The van der Waals surface area contributed by atoms with Gasteiger partial charge in [-0.2, -0.15) is 0 Å². The largest absolute Gasteiger partial charge is 0.478 e. The third kappa shape index (κ3) is 6.44. The number of carboxylic acids is 1. The molecule has 0 spiro atoms. The Morgan fingerprint density at radius 2 is 1.83 bits per heavy atom. The van der Waals surface area contributed by atoms with Gasteiger partial charge in [-0.1, -0.05) is 35.9 Å². The summed E-state index contributed by atoms with van der Waals surface area (Å²) in [5.74, 6) is -0.998. The molecule has 1 fully saturated rings. The van der Waals surface area contributed by atoms with E-state index in [2.05, 4.69) is 34.5 Å². The van der Waals surface area contributed by atoms with Crippen molar-refractivity contribution in [2.24, 2.45) is 0 Å². The molecule has 30 heavy (non-hydrogen) atoms. The Kier molecular flexibility index (Phi) is 8.10. The molecule has 0 saturated carbocycles. The maximum Gasteiger partial charge on any atom is 0.335 e. The molecule has 1 saturated heterocycles. The van der Waals surface area contributed by atoms with Crippen LogP contribution in [0.5, 0.6) is 0 Å². The predicted molar refractivity (Wildman–Crippen MR) is 118 cm³/mol. The summed E-state index contributed by atoms with van der Waals surface area (Å²) in [5, 5.41) is 32.0. The highest BCUT2D eigenvalue weighted by Crippen LogP contribution is 2.20. The van der Waals surface area contributed by atoms with Crippen LogP contribution in [0.4, 0.5) is 5.69 Å². The number of aliphatic hydroxyl groups is 2. The van der Waals surface area contributed by atoms with Crippen molar-refractivity contribution in [3.8, 4) is 0 Å². The van der Waals surface area contributed by atoms with Gasteiger partial charge in [-0.05, 0) is 55.0 Å². The summed E-state index contributed by atoms with van der Waals surface area (Å²) in [6, 6.07) is 13.3. The fourth-order valence-electron chi connectivity index (χ4n) is 3.87. The van der Waals surface area contributed by atoms with Crippen molar-refractivity contribution in [3.05, 3.63) is 64.2 Å². The lowest BCUT2D eigenvalue weighted by atomic mass is 9.99. The lowest BCUT2D eigenvalue weighted by molar-refractivity contribution is 0.0177. The van der Waals surface area contributed by atoms with Crippen molar-refractivity contribution >= 4 is 23.3 Å². The van der Waals surface area contributed by atoms with Crippen LogP contribution in [-0.2, 0) is 12.8 Å². The quantitative estimate of drug-likeness (QED) is 0.486. The topological polar surface area (TPSA) is 93.0 Å². The van der Waals surface area contributed by atoms with Crippen LogP contribution in [0.3, 0.4) is 0 Å². The lowest BCUT2D eigenvalue weighted by Crippen LogP contribution is -2.47. The zero-order chi connectivity index (χ0) is 21.5. The fraction of sp³-hybridized carbons (Fsp3) is 0.435. The summed E-state index contributed by atoms with van der Waals surface area (Å²) in [4.78, 5) is 13.4. The summed E-state index contributed by atoms with van der Waals surface area (Å²) in [6.45, 7) is 2.46. The van der Waals surface area contributed by atoms with Crippen molar-refractivity contribution < 1.29 is 20.1 Å². The molecule has 4 N–H and O–H groups in total. The van der Waals surface area contributed by atoms with Crippen LogP contribution in [0.15, 0.2) is 42.5 Å². The van der Waals surface area contributed by atoms with Gasteiger partial charge in [-0.15, -0.1) is 0 Å². The maximum absolute atomic E-state index is 11.1. The fourth-order valence-corrected chi connectivity index (χ4v) is 4.11. The number of likely N-dealkylation sites (tertiary alicyclic amines) is 1. The number of piperidine rings is 1. The third-order valence-electron chi connectivity index (χ3n) is 5.62. The number of halogens is 1. The van der Waals surface area contributed by atoms with Crippen LogP contribution in [0, 0.1) is 0 Å². The number of benzene rings is 2. The number of hydrogen-bond acceptors (Lipinski definition) is 5. The minimum atomic E-state index is -0.998. The second kappa shape index (κ2) is 10.8. The Morgan fingerprint density at radius 3 is 2.50 bits per heavy atom. The number of hydrogen-bond donors (Lipinski definition) is 4. The summed E-state index contributed by atoms with van der Waals surface area (Å²) >= 11 is 5.99. The molecule has 0 radical (unpaired) electrons. The van der Waals surface area contributed by atoms with Crippen LogP contribution < -0.4 is 5.32 Å². The number of anilines is 1. The molecule has 2 unspecified atom stereocenters. The SMILES string of the molecule is O=C(O)c1cc(Cl)cc(NCCc2ccc(CCN3CCC(O)CC3CO)cc2)c1. The standard InChI is InChI=1S/C23H29ClN2O4/c24-19-11-18(23(29)30)12-20(13-19)25-8-5-16-1-3-17(4-2-16)6-9-26-10-7-22(28)14-21(26)15-27/h1-4,11-13,21-22,25,27-28H,5-10,14-15H2,(H,29,30). The summed E-state index contributed by atoms with van der Waals surface area (Å²) in [5.41, 5.74) is 3.30. The Labute approximate surface area is 182 Å². The van der Waals surface area contributed by atoms with E-state index in [9.17, 15) is 15.0 Å². The van der Waals surface area contributed by atoms with Crippen LogP contribution in [0.1, 0.15) is 34.3 Å². The minimum Gasteiger partial charge on any atom is -0.478 e. The normalized spacial score (nSPS) is 19.6. The monoisotopic (exact) mass is 432 g/mol. The van der Waals surface area contributed by atoms with Crippen LogP contribution >= 0.6 is 11.6 Å². The zero-order valence-corrected chi connectivity index (χ0v) is 17.7. The Balaban J connectivity index is 1.46. The van der Waals surface area contributed by atoms with Crippen molar-refractivity contribution in [2.75, 3.05) is 31.6 Å². The van der Waals surface area contributed by atoms with E-state index in [1.54, 1.807) is 12.1 Å². The molecule has 0 aromatic heterocycles. The highest BCUT2D eigenvalue weighted by Gasteiger charge is 2.26. The second-order valence-corrected chi connectivity index (χ2v) is 8.26. The molecule has 1 aliphatic heterocycles. The molecule has 3 rings (SSSR count). The maximum atomic E-state index is 11.1. The van der Waals surface area contributed by atoms with Gasteiger partial charge < -0.3 is 20.6 Å². The van der Waals surface area contributed by atoms with E-state index < -0.39 is 5.97 Å². The van der Waals surface area contributed by atoms with Crippen molar-refractivity contribution in [1.82, 2.24) is 4.90 Å². The average Bonchev–Trinajstić information content (AvgIpc) is 2.73.